The normalized spacial score (nSPS) is 11.7. The van der Waals surface area contributed by atoms with E-state index in [9.17, 15) is 5.26 Å². The Morgan fingerprint density at radius 2 is 2.11 bits per heavy atom. The summed E-state index contributed by atoms with van der Waals surface area (Å²) >= 11 is 0. The van der Waals surface area contributed by atoms with E-state index in [1.165, 1.54) is 0 Å². The van der Waals surface area contributed by atoms with Gasteiger partial charge in [0.15, 0.2) is 5.82 Å². The van der Waals surface area contributed by atoms with Crippen LogP contribution in [0.4, 0.5) is 5.82 Å². The fourth-order valence-corrected chi connectivity index (χ4v) is 1.94. The minimum atomic E-state index is 0.195. The quantitative estimate of drug-likeness (QED) is 0.782. The Balaban J connectivity index is 3.13. The Bertz CT molecular complexity index is 460. The lowest BCUT2D eigenvalue weighted by molar-refractivity contribution is 0.788. The van der Waals surface area contributed by atoms with Crippen LogP contribution in [0.2, 0.25) is 0 Å². The van der Waals surface area contributed by atoms with Crippen molar-refractivity contribution in [2.24, 2.45) is 0 Å². The van der Waals surface area contributed by atoms with Gasteiger partial charge in [0.2, 0.25) is 0 Å². The first kappa shape index (κ1) is 14.2. The van der Waals surface area contributed by atoms with E-state index in [0.717, 1.165) is 30.5 Å². The van der Waals surface area contributed by atoms with Gasteiger partial charge in [0.1, 0.15) is 11.6 Å². The molecule has 0 amide bonds. The third-order valence-corrected chi connectivity index (χ3v) is 2.86. The van der Waals surface area contributed by atoms with Gasteiger partial charge in [-0.3, -0.25) is 0 Å². The van der Waals surface area contributed by atoms with Gasteiger partial charge in [0.05, 0.1) is 5.69 Å². The van der Waals surface area contributed by atoms with Crippen LogP contribution in [0.3, 0.4) is 0 Å². The third kappa shape index (κ3) is 3.07. The van der Waals surface area contributed by atoms with Gasteiger partial charge in [-0.05, 0) is 31.7 Å². The number of aryl methyl sites for hydroxylation is 1. The van der Waals surface area contributed by atoms with Crippen LogP contribution < -0.4 is 5.32 Å². The summed E-state index contributed by atoms with van der Waals surface area (Å²) in [5.41, 5.74) is 2.54. The molecule has 1 unspecified atom stereocenters. The molecule has 0 saturated heterocycles. The molecule has 1 N–H and O–H groups in total. The number of hydrogen-bond acceptors (Lipinski definition) is 4. The number of nitriles is 1. The molecular weight excluding hydrogens is 224 g/mol. The van der Waals surface area contributed by atoms with Crippen molar-refractivity contribution in [3.63, 3.8) is 0 Å². The summed E-state index contributed by atoms with van der Waals surface area (Å²) in [5.74, 6) is 0.584. The maximum atomic E-state index is 9.32. The molecule has 1 heterocycles. The van der Waals surface area contributed by atoms with Crippen LogP contribution in [0.1, 0.15) is 44.0 Å². The molecule has 0 bridgehead atoms. The highest BCUT2D eigenvalue weighted by Gasteiger charge is 2.15. The van der Waals surface area contributed by atoms with Gasteiger partial charge >= 0.3 is 0 Å². The van der Waals surface area contributed by atoms with E-state index in [1.54, 1.807) is 0 Å². The predicted octanol–water partition coefficient (Wildman–Crippen LogP) is 2.85. The van der Waals surface area contributed by atoms with Crippen molar-refractivity contribution in [2.75, 3.05) is 5.32 Å². The van der Waals surface area contributed by atoms with Crippen molar-refractivity contribution >= 4 is 5.82 Å². The third-order valence-electron chi connectivity index (χ3n) is 2.86. The van der Waals surface area contributed by atoms with Crippen LogP contribution in [-0.4, -0.2) is 16.2 Å². The van der Waals surface area contributed by atoms with E-state index in [-0.39, 0.29) is 6.04 Å². The first-order valence-electron chi connectivity index (χ1n) is 6.33. The minimum absolute atomic E-state index is 0.195. The largest absolute Gasteiger partial charge is 0.365 e. The van der Waals surface area contributed by atoms with Crippen LogP contribution in [0.5, 0.6) is 0 Å². The number of aromatic nitrogens is 2. The van der Waals surface area contributed by atoms with Crippen LogP contribution in [-0.2, 0) is 12.8 Å². The van der Waals surface area contributed by atoms with Gasteiger partial charge in [-0.25, -0.2) is 0 Å². The Labute approximate surface area is 109 Å². The smallest absolute Gasteiger partial charge is 0.167 e. The summed E-state index contributed by atoms with van der Waals surface area (Å²) < 4.78 is 0. The lowest BCUT2D eigenvalue weighted by atomic mass is 10.0. The van der Waals surface area contributed by atoms with E-state index >= 15 is 0 Å². The molecular formula is C14H20N4. The lowest BCUT2D eigenvalue weighted by Gasteiger charge is -2.15. The van der Waals surface area contributed by atoms with Gasteiger partial charge in [-0.15, -0.1) is 11.7 Å². The minimum Gasteiger partial charge on any atom is -0.365 e. The second-order valence-electron chi connectivity index (χ2n) is 4.24. The van der Waals surface area contributed by atoms with Crippen molar-refractivity contribution < 1.29 is 0 Å². The van der Waals surface area contributed by atoms with Crippen molar-refractivity contribution in [1.82, 2.24) is 10.2 Å². The van der Waals surface area contributed by atoms with E-state index in [2.05, 4.69) is 28.2 Å². The Kier molecular flexibility index (Phi) is 5.31. The molecule has 0 aliphatic heterocycles. The van der Waals surface area contributed by atoms with Crippen molar-refractivity contribution in [1.29, 1.82) is 5.26 Å². The second kappa shape index (κ2) is 6.75. The molecule has 18 heavy (non-hydrogen) atoms. The SMILES string of the molecule is C=CCC(C)Nc1nnc(CC)c(CC)c1C#N. The zero-order valence-corrected chi connectivity index (χ0v) is 11.3. The van der Waals surface area contributed by atoms with Crippen molar-refractivity contribution in [3.8, 4) is 6.07 Å². The van der Waals surface area contributed by atoms with E-state index in [4.69, 9.17) is 0 Å². The standard InChI is InChI=1S/C14H20N4/c1-5-8-10(4)16-14-12(9-15)11(6-2)13(7-3)17-18-14/h5,10H,1,6-8H2,2-4H3,(H,16,18). The zero-order valence-electron chi connectivity index (χ0n) is 11.3. The van der Waals surface area contributed by atoms with E-state index in [1.807, 2.05) is 26.8 Å². The van der Waals surface area contributed by atoms with Crippen LogP contribution in [0.15, 0.2) is 12.7 Å². The highest BCUT2D eigenvalue weighted by atomic mass is 15.2. The summed E-state index contributed by atoms with van der Waals surface area (Å²) in [6.07, 6.45) is 4.27. The highest BCUT2D eigenvalue weighted by molar-refractivity contribution is 5.56. The molecule has 0 fully saturated rings. The lowest BCUT2D eigenvalue weighted by Crippen LogP contribution is -2.18. The Morgan fingerprint density at radius 3 is 2.61 bits per heavy atom. The summed E-state index contributed by atoms with van der Waals surface area (Å²) in [5, 5.41) is 20.9. The average molecular weight is 244 g/mol. The first-order valence-corrected chi connectivity index (χ1v) is 6.33. The molecule has 1 rings (SSSR count). The Morgan fingerprint density at radius 1 is 1.39 bits per heavy atom. The molecule has 1 aromatic heterocycles. The second-order valence-corrected chi connectivity index (χ2v) is 4.24. The van der Waals surface area contributed by atoms with Crippen LogP contribution in [0, 0.1) is 11.3 Å². The zero-order chi connectivity index (χ0) is 13.5. The molecule has 96 valence electrons. The first-order chi connectivity index (χ1) is 8.67. The number of rotatable bonds is 6. The van der Waals surface area contributed by atoms with Gasteiger partial charge in [-0.2, -0.15) is 10.4 Å². The van der Waals surface area contributed by atoms with Crippen LogP contribution >= 0.6 is 0 Å². The van der Waals surface area contributed by atoms with Gasteiger partial charge in [0.25, 0.3) is 0 Å². The molecule has 1 aromatic rings. The Hall–Kier alpha value is -1.89. The number of hydrogen-bond donors (Lipinski definition) is 1. The molecule has 0 saturated carbocycles. The summed E-state index contributed by atoms with van der Waals surface area (Å²) in [4.78, 5) is 0. The molecule has 0 aromatic carbocycles. The van der Waals surface area contributed by atoms with Crippen LogP contribution in [0.25, 0.3) is 0 Å². The fourth-order valence-electron chi connectivity index (χ4n) is 1.94. The topological polar surface area (TPSA) is 61.6 Å². The molecule has 1 atom stereocenters. The fraction of sp³-hybridized carbons (Fsp3) is 0.500. The average Bonchev–Trinajstić information content (AvgIpc) is 2.38. The summed E-state index contributed by atoms with van der Waals surface area (Å²) in [7, 11) is 0. The highest BCUT2D eigenvalue weighted by Crippen LogP contribution is 2.20. The molecule has 4 nitrogen and oxygen atoms in total. The van der Waals surface area contributed by atoms with Crippen molar-refractivity contribution in [3.05, 3.63) is 29.5 Å². The molecule has 0 aliphatic carbocycles. The van der Waals surface area contributed by atoms with E-state index in [0.29, 0.717) is 11.4 Å². The van der Waals surface area contributed by atoms with Gasteiger partial charge < -0.3 is 5.32 Å². The molecule has 0 radical (unpaired) electrons. The predicted molar refractivity (Wildman–Crippen MR) is 73.4 cm³/mol. The molecule has 0 aliphatic rings. The molecule has 0 spiro atoms. The van der Waals surface area contributed by atoms with Crippen molar-refractivity contribution in [2.45, 2.75) is 46.1 Å². The number of nitrogens with one attached hydrogen (secondary N) is 1. The summed E-state index contributed by atoms with van der Waals surface area (Å²) in [6, 6.07) is 2.44. The summed E-state index contributed by atoms with van der Waals surface area (Å²) in [6.45, 7) is 9.80. The monoisotopic (exact) mass is 244 g/mol. The maximum absolute atomic E-state index is 9.32. The molecule has 4 heteroatoms. The van der Waals surface area contributed by atoms with Gasteiger partial charge in [0, 0.05) is 6.04 Å². The number of nitrogens with zero attached hydrogens (tertiary/aromatic N) is 3. The van der Waals surface area contributed by atoms with E-state index < -0.39 is 0 Å². The number of anilines is 1. The maximum Gasteiger partial charge on any atom is 0.167 e. The van der Waals surface area contributed by atoms with Gasteiger partial charge in [-0.1, -0.05) is 19.9 Å².